The quantitative estimate of drug-likeness (QED) is 0.844. The van der Waals surface area contributed by atoms with Gasteiger partial charge in [0.1, 0.15) is 0 Å². The molecule has 110 valence electrons. The molecule has 1 aromatic carbocycles. The van der Waals surface area contributed by atoms with Gasteiger partial charge in [0.05, 0.1) is 22.9 Å². The molecule has 2 aliphatic heterocycles. The van der Waals surface area contributed by atoms with Crippen molar-refractivity contribution in [1.29, 1.82) is 0 Å². The van der Waals surface area contributed by atoms with Gasteiger partial charge in [-0.3, -0.25) is 0 Å². The zero-order valence-corrected chi connectivity index (χ0v) is 12.8. The number of nitrogens with one attached hydrogen (secondary N) is 1. The molecule has 2 unspecified atom stereocenters. The van der Waals surface area contributed by atoms with Gasteiger partial charge in [-0.15, -0.1) is 0 Å². The SMILES string of the molecule is CCCNCc1cccc(Cl)c1N1CC2CCC(C1)O2. The van der Waals surface area contributed by atoms with Crippen molar-refractivity contribution in [2.75, 3.05) is 24.5 Å². The Morgan fingerprint density at radius 2 is 2.05 bits per heavy atom. The number of anilines is 1. The summed E-state index contributed by atoms with van der Waals surface area (Å²) in [6.45, 7) is 6.06. The molecule has 0 amide bonds. The first-order valence-corrected chi connectivity index (χ1v) is 8.04. The summed E-state index contributed by atoms with van der Waals surface area (Å²) in [5.41, 5.74) is 2.50. The Morgan fingerprint density at radius 1 is 1.30 bits per heavy atom. The zero-order valence-electron chi connectivity index (χ0n) is 12.1. The van der Waals surface area contributed by atoms with Crippen LogP contribution in [0, 0.1) is 0 Å². The van der Waals surface area contributed by atoms with Crippen LogP contribution in [0.3, 0.4) is 0 Å². The molecule has 2 bridgehead atoms. The van der Waals surface area contributed by atoms with Crippen molar-refractivity contribution in [3.63, 3.8) is 0 Å². The van der Waals surface area contributed by atoms with Crippen LogP contribution >= 0.6 is 11.6 Å². The summed E-state index contributed by atoms with van der Waals surface area (Å²) < 4.78 is 5.93. The van der Waals surface area contributed by atoms with Gasteiger partial charge in [-0.25, -0.2) is 0 Å². The fourth-order valence-corrected chi connectivity index (χ4v) is 3.57. The Bertz CT molecular complexity index is 454. The van der Waals surface area contributed by atoms with E-state index in [-0.39, 0.29) is 0 Å². The van der Waals surface area contributed by atoms with Crippen LogP contribution in [0.4, 0.5) is 5.69 Å². The van der Waals surface area contributed by atoms with Crippen LogP contribution in [0.5, 0.6) is 0 Å². The fraction of sp³-hybridized carbons (Fsp3) is 0.625. The van der Waals surface area contributed by atoms with E-state index in [1.165, 1.54) is 24.1 Å². The number of hydrogen-bond acceptors (Lipinski definition) is 3. The largest absolute Gasteiger partial charge is 0.371 e. The van der Waals surface area contributed by atoms with E-state index in [2.05, 4.69) is 23.2 Å². The minimum Gasteiger partial charge on any atom is -0.371 e. The lowest BCUT2D eigenvalue weighted by molar-refractivity contribution is 0.0304. The number of nitrogens with zero attached hydrogens (tertiary/aromatic N) is 1. The monoisotopic (exact) mass is 294 g/mol. The number of fused-ring (bicyclic) bond motifs is 2. The van der Waals surface area contributed by atoms with Crippen LogP contribution in [0.15, 0.2) is 18.2 Å². The Balaban J connectivity index is 1.80. The molecule has 0 spiro atoms. The first-order chi connectivity index (χ1) is 9.78. The third-order valence-corrected chi connectivity index (χ3v) is 4.48. The smallest absolute Gasteiger partial charge is 0.0755 e. The molecule has 2 heterocycles. The van der Waals surface area contributed by atoms with E-state index >= 15 is 0 Å². The van der Waals surface area contributed by atoms with Gasteiger partial charge in [0.2, 0.25) is 0 Å². The maximum Gasteiger partial charge on any atom is 0.0755 e. The molecule has 20 heavy (non-hydrogen) atoms. The summed E-state index contributed by atoms with van der Waals surface area (Å²) in [6.07, 6.45) is 4.31. The van der Waals surface area contributed by atoms with E-state index in [0.29, 0.717) is 12.2 Å². The first kappa shape index (κ1) is 14.2. The van der Waals surface area contributed by atoms with Crippen LogP contribution in [0.2, 0.25) is 5.02 Å². The highest BCUT2D eigenvalue weighted by atomic mass is 35.5. The highest BCUT2D eigenvalue weighted by Gasteiger charge is 2.34. The molecule has 0 radical (unpaired) electrons. The molecule has 2 atom stereocenters. The van der Waals surface area contributed by atoms with Crippen molar-refractivity contribution in [3.05, 3.63) is 28.8 Å². The standard InChI is InChI=1S/C16H23ClN2O/c1-2-8-18-9-12-4-3-5-15(17)16(12)19-10-13-6-7-14(11-19)20-13/h3-5,13-14,18H,2,6-11H2,1H3. The molecular formula is C16H23ClN2O. The summed E-state index contributed by atoms with van der Waals surface area (Å²) in [5.74, 6) is 0. The summed E-state index contributed by atoms with van der Waals surface area (Å²) in [4.78, 5) is 2.43. The molecule has 1 N–H and O–H groups in total. The first-order valence-electron chi connectivity index (χ1n) is 7.66. The molecule has 2 saturated heterocycles. The van der Waals surface area contributed by atoms with Crippen LogP contribution in [-0.2, 0) is 11.3 Å². The molecule has 2 aliphatic rings. The second-order valence-corrected chi connectivity index (χ2v) is 6.19. The summed E-state index contributed by atoms with van der Waals surface area (Å²) >= 11 is 6.48. The molecule has 0 aromatic heterocycles. The molecule has 2 fully saturated rings. The molecule has 0 saturated carbocycles. The molecule has 1 aromatic rings. The second-order valence-electron chi connectivity index (χ2n) is 5.79. The van der Waals surface area contributed by atoms with E-state index in [1.54, 1.807) is 0 Å². The maximum absolute atomic E-state index is 6.48. The van der Waals surface area contributed by atoms with Crippen LogP contribution < -0.4 is 10.2 Å². The van der Waals surface area contributed by atoms with Crippen molar-refractivity contribution in [1.82, 2.24) is 5.32 Å². The average Bonchev–Trinajstić information content (AvgIpc) is 2.78. The third-order valence-electron chi connectivity index (χ3n) is 4.17. The van der Waals surface area contributed by atoms with E-state index in [0.717, 1.165) is 37.6 Å². The molecule has 4 heteroatoms. The van der Waals surface area contributed by atoms with Gasteiger partial charge in [-0.05, 0) is 37.4 Å². The Hall–Kier alpha value is -0.770. The van der Waals surface area contributed by atoms with Crippen molar-refractivity contribution in [2.24, 2.45) is 0 Å². The lowest BCUT2D eigenvalue weighted by atomic mass is 10.1. The number of benzene rings is 1. The number of rotatable bonds is 5. The van der Waals surface area contributed by atoms with E-state index in [1.807, 2.05) is 12.1 Å². The number of para-hydroxylation sites is 1. The normalized spacial score (nSPS) is 25.2. The van der Waals surface area contributed by atoms with E-state index < -0.39 is 0 Å². The van der Waals surface area contributed by atoms with Crippen LogP contribution in [0.25, 0.3) is 0 Å². The van der Waals surface area contributed by atoms with Gasteiger partial charge in [0.25, 0.3) is 0 Å². The van der Waals surface area contributed by atoms with Gasteiger partial charge in [0, 0.05) is 19.6 Å². The maximum atomic E-state index is 6.48. The fourth-order valence-electron chi connectivity index (χ4n) is 3.25. The van der Waals surface area contributed by atoms with Crippen molar-refractivity contribution >= 4 is 17.3 Å². The Labute approximate surface area is 126 Å². The van der Waals surface area contributed by atoms with Crippen LogP contribution in [-0.4, -0.2) is 31.8 Å². The van der Waals surface area contributed by atoms with Gasteiger partial charge < -0.3 is 15.0 Å². The molecule has 3 rings (SSSR count). The predicted octanol–water partition coefficient (Wildman–Crippen LogP) is 3.21. The Morgan fingerprint density at radius 3 is 2.75 bits per heavy atom. The Kier molecular flexibility index (Phi) is 4.49. The predicted molar refractivity (Wildman–Crippen MR) is 83.6 cm³/mol. The van der Waals surface area contributed by atoms with Crippen LogP contribution in [0.1, 0.15) is 31.7 Å². The van der Waals surface area contributed by atoms with Crippen molar-refractivity contribution in [3.8, 4) is 0 Å². The number of ether oxygens (including phenoxy) is 1. The molecule has 3 nitrogen and oxygen atoms in total. The number of morpholine rings is 1. The lowest BCUT2D eigenvalue weighted by Crippen LogP contribution is -2.43. The van der Waals surface area contributed by atoms with Crippen molar-refractivity contribution in [2.45, 2.75) is 44.9 Å². The summed E-state index contributed by atoms with van der Waals surface area (Å²) in [6, 6.07) is 6.22. The zero-order chi connectivity index (χ0) is 13.9. The van der Waals surface area contributed by atoms with Crippen molar-refractivity contribution < 1.29 is 4.74 Å². The minimum atomic E-state index is 0.390. The van der Waals surface area contributed by atoms with Gasteiger partial charge in [-0.2, -0.15) is 0 Å². The second kappa shape index (κ2) is 6.33. The number of halogens is 1. The minimum absolute atomic E-state index is 0.390. The lowest BCUT2D eigenvalue weighted by Gasteiger charge is -2.35. The molecular weight excluding hydrogens is 272 g/mol. The highest BCUT2D eigenvalue weighted by Crippen LogP contribution is 2.35. The number of hydrogen-bond donors (Lipinski definition) is 1. The summed E-state index contributed by atoms with van der Waals surface area (Å²) in [7, 11) is 0. The topological polar surface area (TPSA) is 24.5 Å². The van der Waals surface area contributed by atoms with Gasteiger partial charge in [0.15, 0.2) is 0 Å². The van der Waals surface area contributed by atoms with E-state index in [4.69, 9.17) is 16.3 Å². The van der Waals surface area contributed by atoms with Gasteiger partial charge >= 0.3 is 0 Å². The molecule has 0 aliphatic carbocycles. The summed E-state index contributed by atoms with van der Waals surface area (Å²) in [5, 5.41) is 4.34. The third kappa shape index (κ3) is 2.95. The van der Waals surface area contributed by atoms with Gasteiger partial charge in [-0.1, -0.05) is 30.7 Å². The van der Waals surface area contributed by atoms with E-state index in [9.17, 15) is 0 Å². The average molecular weight is 295 g/mol. The highest BCUT2D eigenvalue weighted by molar-refractivity contribution is 6.33.